The molecule has 21 heavy (non-hydrogen) atoms. The Morgan fingerprint density at radius 2 is 1.71 bits per heavy atom. The third-order valence-corrected chi connectivity index (χ3v) is 4.30. The van der Waals surface area contributed by atoms with Crippen molar-refractivity contribution >= 4 is 15.9 Å². The molecule has 0 spiro atoms. The van der Waals surface area contributed by atoms with Crippen molar-refractivity contribution in [1.29, 1.82) is 0 Å². The van der Waals surface area contributed by atoms with E-state index >= 15 is 0 Å². The van der Waals surface area contributed by atoms with Gasteiger partial charge in [0.1, 0.15) is 11.5 Å². The van der Waals surface area contributed by atoms with Crippen LogP contribution in [0.4, 0.5) is 0 Å². The Morgan fingerprint density at radius 1 is 1.10 bits per heavy atom. The van der Waals surface area contributed by atoms with Gasteiger partial charge in [0.25, 0.3) is 0 Å². The van der Waals surface area contributed by atoms with E-state index in [2.05, 4.69) is 21.4 Å². The molecule has 0 aliphatic heterocycles. The zero-order valence-corrected chi connectivity index (χ0v) is 13.9. The molecule has 4 nitrogen and oxygen atoms in total. The second-order valence-electron chi connectivity index (χ2n) is 4.68. The Bertz CT molecular complexity index is 609. The smallest absolute Gasteiger partial charge is 0.127 e. The van der Waals surface area contributed by atoms with Gasteiger partial charge in [-0.25, -0.2) is 5.43 Å². The van der Waals surface area contributed by atoms with Gasteiger partial charge < -0.3 is 9.47 Å². The third-order valence-electron chi connectivity index (χ3n) is 3.45. The number of benzene rings is 2. The predicted molar refractivity (Wildman–Crippen MR) is 87.6 cm³/mol. The number of halogens is 1. The summed E-state index contributed by atoms with van der Waals surface area (Å²) >= 11 is 3.56. The molecule has 0 saturated carbocycles. The van der Waals surface area contributed by atoms with Gasteiger partial charge in [0.2, 0.25) is 0 Å². The minimum Gasteiger partial charge on any atom is -0.496 e. The first-order valence-corrected chi connectivity index (χ1v) is 7.34. The van der Waals surface area contributed by atoms with Crippen LogP contribution in [0.25, 0.3) is 0 Å². The van der Waals surface area contributed by atoms with E-state index in [1.165, 1.54) is 5.56 Å². The summed E-state index contributed by atoms with van der Waals surface area (Å²) in [4.78, 5) is 0. The van der Waals surface area contributed by atoms with Crippen molar-refractivity contribution in [3.05, 3.63) is 57.6 Å². The topological polar surface area (TPSA) is 56.5 Å². The average molecular weight is 351 g/mol. The number of nitrogens with two attached hydrogens (primary N) is 1. The lowest BCUT2D eigenvalue weighted by Gasteiger charge is -2.22. The predicted octanol–water partition coefficient (Wildman–Crippen LogP) is 3.33. The molecule has 1 atom stereocenters. The quantitative estimate of drug-likeness (QED) is 0.641. The summed E-state index contributed by atoms with van der Waals surface area (Å²) in [6, 6.07) is 11.6. The molecule has 0 heterocycles. The van der Waals surface area contributed by atoms with Crippen LogP contribution in [0.3, 0.4) is 0 Å². The fourth-order valence-corrected chi connectivity index (χ4v) is 2.70. The van der Waals surface area contributed by atoms with Crippen LogP contribution in [-0.4, -0.2) is 14.2 Å². The molecule has 3 N–H and O–H groups in total. The highest BCUT2D eigenvalue weighted by Gasteiger charge is 2.22. The minimum atomic E-state index is -0.229. The molecule has 5 heteroatoms. The van der Waals surface area contributed by atoms with Gasteiger partial charge in [-0.2, -0.15) is 0 Å². The number of rotatable bonds is 5. The Labute approximate surface area is 133 Å². The van der Waals surface area contributed by atoms with Crippen LogP contribution in [0.2, 0.25) is 0 Å². The summed E-state index contributed by atoms with van der Waals surface area (Å²) in [5.74, 6) is 7.26. The second kappa shape index (κ2) is 6.93. The molecule has 2 aromatic rings. The summed E-state index contributed by atoms with van der Waals surface area (Å²) in [6.07, 6.45) is 0. The number of methoxy groups -OCH3 is 2. The van der Waals surface area contributed by atoms with E-state index in [0.29, 0.717) is 0 Å². The number of nitrogens with one attached hydrogen (secondary N) is 1. The van der Waals surface area contributed by atoms with Gasteiger partial charge in [-0.15, -0.1) is 0 Å². The first kappa shape index (κ1) is 15.8. The van der Waals surface area contributed by atoms with Crippen LogP contribution in [0.5, 0.6) is 11.5 Å². The Hall–Kier alpha value is -1.56. The van der Waals surface area contributed by atoms with Gasteiger partial charge in [0, 0.05) is 4.47 Å². The van der Waals surface area contributed by atoms with Crippen molar-refractivity contribution < 1.29 is 9.47 Å². The maximum absolute atomic E-state index is 5.80. The molecule has 0 aromatic heterocycles. The van der Waals surface area contributed by atoms with Crippen molar-refractivity contribution in [3.8, 4) is 11.5 Å². The second-order valence-corrected chi connectivity index (χ2v) is 5.54. The SMILES string of the molecule is COc1cccc(OC)c1C(NN)c1ccc(C)c(Br)c1. The molecule has 0 aliphatic carbocycles. The maximum atomic E-state index is 5.80. The van der Waals surface area contributed by atoms with E-state index in [-0.39, 0.29) is 6.04 Å². The zero-order valence-electron chi connectivity index (χ0n) is 12.3. The molecule has 0 fully saturated rings. The summed E-state index contributed by atoms with van der Waals surface area (Å²) in [6.45, 7) is 2.04. The van der Waals surface area contributed by atoms with E-state index in [1.807, 2.05) is 43.3 Å². The molecular weight excluding hydrogens is 332 g/mol. The summed E-state index contributed by atoms with van der Waals surface area (Å²) in [5, 5.41) is 0. The minimum absolute atomic E-state index is 0.229. The molecule has 0 amide bonds. The molecule has 2 aromatic carbocycles. The van der Waals surface area contributed by atoms with E-state index < -0.39 is 0 Å². The van der Waals surface area contributed by atoms with E-state index in [4.69, 9.17) is 15.3 Å². The zero-order chi connectivity index (χ0) is 15.4. The van der Waals surface area contributed by atoms with Crippen LogP contribution >= 0.6 is 15.9 Å². The van der Waals surface area contributed by atoms with E-state index in [0.717, 1.165) is 27.1 Å². The Kier molecular flexibility index (Phi) is 5.22. The van der Waals surface area contributed by atoms with E-state index in [9.17, 15) is 0 Å². The molecule has 0 radical (unpaired) electrons. The first-order valence-electron chi connectivity index (χ1n) is 6.55. The van der Waals surface area contributed by atoms with Crippen molar-refractivity contribution in [1.82, 2.24) is 5.43 Å². The van der Waals surface area contributed by atoms with Gasteiger partial charge in [-0.1, -0.05) is 34.1 Å². The van der Waals surface area contributed by atoms with Gasteiger partial charge >= 0.3 is 0 Å². The standard InChI is InChI=1S/C16H19BrN2O2/c1-10-7-8-11(9-12(10)17)16(19-18)15-13(20-2)5-4-6-14(15)21-3/h4-9,16,19H,18H2,1-3H3. The number of hydrazine groups is 1. The summed E-state index contributed by atoms with van der Waals surface area (Å²) < 4.78 is 12.0. The molecular formula is C16H19BrN2O2. The van der Waals surface area contributed by atoms with Crippen molar-refractivity contribution in [2.75, 3.05) is 14.2 Å². The lowest BCUT2D eigenvalue weighted by atomic mass is 9.96. The van der Waals surface area contributed by atoms with Crippen molar-refractivity contribution in [3.63, 3.8) is 0 Å². The van der Waals surface area contributed by atoms with Crippen LogP contribution < -0.4 is 20.7 Å². The lowest BCUT2D eigenvalue weighted by molar-refractivity contribution is 0.377. The molecule has 0 bridgehead atoms. The van der Waals surface area contributed by atoms with E-state index in [1.54, 1.807) is 14.2 Å². The normalized spacial score (nSPS) is 12.0. The van der Waals surface area contributed by atoms with Crippen LogP contribution in [0.1, 0.15) is 22.7 Å². The molecule has 1 unspecified atom stereocenters. The summed E-state index contributed by atoms with van der Waals surface area (Å²) in [7, 11) is 3.27. The third kappa shape index (κ3) is 3.20. The average Bonchev–Trinajstić information content (AvgIpc) is 2.51. The molecule has 112 valence electrons. The Balaban J connectivity index is 2.57. The fraction of sp³-hybridized carbons (Fsp3) is 0.250. The van der Waals surface area contributed by atoms with Crippen LogP contribution in [-0.2, 0) is 0 Å². The van der Waals surface area contributed by atoms with Gasteiger partial charge in [-0.3, -0.25) is 5.84 Å². The van der Waals surface area contributed by atoms with Crippen LogP contribution in [0, 0.1) is 6.92 Å². The highest BCUT2D eigenvalue weighted by Crippen LogP contribution is 2.37. The molecule has 0 aliphatic rings. The largest absolute Gasteiger partial charge is 0.496 e. The number of aryl methyl sites for hydroxylation is 1. The Morgan fingerprint density at radius 3 is 2.19 bits per heavy atom. The highest BCUT2D eigenvalue weighted by molar-refractivity contribution is 9.10. The van der Waals surface area contributed by atoms with Gasteiger partial charge in [-0.05, 0) is 36.2 Å². The maximum Gasteiger partial charge on any atom is 0.127 e. The van der Waals surface area contributed by atoms with Gasteiger partial charge in [0.05, 0.1) is 25.8 Å². The molecule has 0 saturated heterocycles. The molecule has 2 rings (SSSR count). The van der Waals surface area contributed by atoms with Crippen molar-refractivity contribution in [2.45, 2.75) is 13.0 Å². The lowest BCUT2D eigenvalue weighted by Crippen LogP contribution is -2.29. The monoisotopic (exact) mass is 350 g/mol. The highest BCUT2D eigenvalue weighted by atomic mass is 79.9. The van der Waals surface area contributed by atoms with Crippen LogP contribution in [0.15, 0.2) is 40.9 Å². The van der Waals surface area contributed by atoms with Crippen molar-refractivity contribution in [2.24, 2.45) is 5.84 Å². The fourth-order valence-electron chi connectivity index (χ4n) is 2.30. The number of ether oxygens (including phenoxy) is 2. The number of hydrogen-bond acceptors (Lipinski definition) is 4. The van der Waals surface area contributed by atoms with Gasteiger partial charge in [0.15, 0.2) is 0 Å². The number of hydrogen-bond donors (Lipinski definition) is 2. The summed E-state index contributed by atoms with van der Waals surface area (Å²) in [5.41, 5.74) is 5.92. The first-order chi connectivity index (χ1) is 10.1.